The molecule has 2 aliphatic rings. The summed E-state index contributed by atoms with van der Waals surface area (Å²) in [5.41, 5.74) is 2.51. The zero-order chi connectivity index (χ0) is 22.4. The summed E-state index contributed by atoms with van der Waals surface area (Å²) in [5.74, 6) is 0.873. The Kier molecular flexibility index (Phi) is 7.48. The van der Waals surface area contributed by atoms with Crippen LogP contribution in [-0.4, -0.2) is 77.9 Å². The highest BCUT2D eigenvalue weighted by molar-refractivity contribution is 5.80. The van der Waals surface area contributed by atoms with E-state index in [2.05, 4.69) is 68.8 Å². The first kappa shape index (κ1) is 22.8. The van der Waals surface area contributed by atoms with E-state index in [0.717, 1.165) is 18.2 Å². The first-order valence-electron chi connectivity index (χ1n) is 12.1. The van der Waals surface area contributed by atoms with Gasteiger partial charge in [-0.25, -0.2) is 4.68 Å². The molecule has 1 unspecified atom stereocenters. The lowest BCUT2D eigenvalue weighted by molar-refractivity contribution is 0.0173. The molecule has 0 bridgehead atoms. The predicted octanol–water partition coefficient (Wildman–Crippen LogP) is 3.05. The van der Waals surface area contributed by atoms with Crippen LogP contribution in [0, 0.1) is 0 Å². The number of rotatable bonds is 6. The van der Waals surface area contributed by atoms with Crippen molar-refractivity contribution in [1.29, 1.82) is 0 Å². The van der Waals surface area contributed by atoms with Gasteiger partial charge in [-0.3, -0.25) is 9.89 Å². The molecule has 2 fully saturated rings. The highest BCUT2D eigenvalue weighted by Crippen LogP contribution is 2.31. The second-order valence-electron chi connectivity index (χ2n) is 9.41. The number of nitrogens with zero attached hydrogens (tertiary/aromatic N) is 5. The van der Waals surface area contributed by atoms with E-state index in [9.17, 15) is 0 Å². The van der Waals surface area contributed by atoms with Gasteiger partial charge in [-0.15, -0.1) is 0 Å². The van der Waals surface area contributed by atoms with Crippen molar-refractivity contribution in [2.24, 2.45) is 4.99 Å². The van der Waals surface area contributed by atoms with Gasteiger partial charge in [0.1, 0.15) is 0 Å². The highest BCUT2D eigenvalue weighted by Gasteiger charge is 2.39. The third-order valence-corrected chi connectivity index (χ3v) is 7.25. The van der Waals surface area contributed by atoms with Gasteiger partial charge in [0, 0.05) is 31.5 Å². The van der Waals surface area contributed by atoms with Crippen LogP contribution in [0.2, 0.25) is 0 Å². The van der Waals surface area contributed by atoms with E-state index in [1.165, 1.54) is 63.8 Å². The third kappa shape index (κ3) is 5.33. The molecule has 2 aliphatic heterocycles. The molecular weight excluding hydrogens is 398 g/mol. The molecule has 0 spiro atoms. The molecule has 7 nitrogen and oxygen atoms in total. The minimum absolute atomic E-state index is 0.139. The standard InChI is InChI=1S/C25H39N7/c1-21(22-9-7-10-23(19-22)32-16-8-13-28-32)29-24(26-2)27-20-25(11-17-30(3)18-12-25)31-14-5-4-6-15-31/h7-10,13,16,19,21H,4-6,11-12,14-15,17-18,20H2,1-3H3,(H2,26,27,29). The summed E-state index contributed by atoms with van der Waals surface area (Å²) >= 11 is 0. The van der Waals surface area contributed by atoms with Crippen LogP contribution >= 0.6 is 0 Å². The lowest BCUT2D eigenvalue weighted by atomic mass is 9.84. The smallest absolute Gasteiger partial charge is 0.191 e. The first-order valence-corrected chi connectivity index (χ1v) is 12.1. The van der Waals surface area contributed by atoms with Crippen molar-refractivity contribution in [3.05, 3.63) is 48.3 Å². The second-order valence-corrected chi connectivity index (χ2v) is 9.41. The fourth-order valence-electron chi connectivity index (χ4n) is 5.10. The van der Waals surface area contributed by atoms with Crippen LogP contribution in [0.3, 0.4) is 0 Å². The van der Waals surface area contributed by atoms with Gasteiger partial charge in [0.15, 0.2) is 5.96 Å². The zero-order valence-electron chi connectivity index (χ0n) is 19.9. The lowest BCUT2D eigenvalue weighted by Gasteiger charge is -2.50. The van der Waals surface area contributed by atoms with Gasteiger partial charge in [0.25, 0.3) is 0 Å². The molecule has 2 saturated heterocycles. The zero-order valence-corrected chi connectivity index (χ0v) is 19.9. The number of guanidine groups is 1. The normalized spacial score (nSPS) is 21.3. The Morgan fingerprint density at radius 1 is 1.12 bits per heavy atom. The Hall–Kier alpha value is -2.38. The maximum absolute atomic E-state index is 4.55. The van der Waals surface area contributed by atoms with E-state index < -0.39 is 0 Å². The van der Waals surface area contributed by atoms with Gasteiger partial charge < -0.3 is 15.5 Å². The molecule has 2 aromatic rings. The molecule has 1 aromatic heterocycles. The molecular formula is C25H39N7. The molecule has 7 heteroatoms. The minimum Gasteiger partial charge on any atom is -0.355 e. The van der Waals surface area contributed by atoms with E-state index in [1.807, 2.05) is 24.0 Å². The van der Waals surface area contributed by atoms with Gasteiger partial charge in [-0.1, -0.05) is 18.6 Å². The van der Waals surface area contributed by atoms with Crippen LogP contribution in [-0.2, 0) is 0 Å². The molecule has 0 saturated carbocycles. The van der Waals surface area contributed by atoms with E-state index in [1.54, 1.807) is 6.20 Å². The lowest BCUT2D eigenvalue weighted by Crippen LogP contribution is -2.62. The van der Waals surface area contributed by atoms with E-state index >= 15 is 0 Å². The van der Waals surface area contributed by atoms with Crippen molar-refractivity contribution in [2.75, 3.05) is 46.8 Å². The molecule has 0 amide bonds. The largest absolute Gasteiger partial charge is 0.355 e. The summed E-state index contributed by atoms with van der Waals surface area (Å²) < 4.78 is 1.89. The molecule has 174 valence electrons. The fraction of sp³-hybridized carbons (Fsp3) is 0.600. The quantitative estimate of drug-likeness (QED) is 0.537. The van der Waals surface area contributed by atoms with Crippen LogP contribution < -0.4 is 10.6 Å². The van der Waals surface area contributed by atoms with Crippen molar-refractivity contribution >= 4 is 5.96 Å². The predicted molar refractivity (Wildman–Crippen MR) is 131 cm³/mol. The number of nitrogens with one attached hydrogen (secondary N) is 2. The summed E-state index contributed by atoms with van der Waals surface area (Å²) in [5, 5.41) is 11.7. The van der Waals surface area contributed by atoms with Gasteiger partial charge >= 0.3 is 0 Å². The van der Waals surface area contributed by atoms with Crippen LogP contribution in [0.5, 0.6) is 0 Å². The number of aromatic nitrogens is 2. The number of likely N-dealkylation sites (tertiary alicyclic amines) is 2. The molecule has 2 N–H and O–H groups in total. The summed E-state index contributed by atoms with van der Waals surface area (Å²) in [4.78, 5) is 9.78. The fourth-order valence-corrected chi connectivity index (χ4v) is 5.10. The van der Waals surface area contributed by atoms with Crippen molar-refractivity contribution in [1.82, 2.24) is 30.2 Å². The van der Waals surface area contributed by atoms with E-state index in [0.29, 0.717) is 0 Å². The Bertz CT molecular complexity index is 862. The molecule has 1 aromatic carbocycles. The van der Waals surface area contributed by atoms with Crippen molar-refractivity contribution in [2.45, 2.75) is 50.6 Å². The molecule has 4 rings (SSSR count). The first-order chi connectivity index (χ1) is 15.6. The number of benzene rings is 1. The van der Waals surface area contributed by atoms with Crippen molar-refractivity contribution in [3.63, 3.8) is 0 Å². The third-order valence-electron chi connectivity index (χ3n) is 7.25. The summed E-state index contributed by atoms with van der Waals surface area (Å²) in [6.07, 6.45) is 10.2. The highest BCUT2D eigenvalue weighted by atomic mass is 15.3. The summed E-state index contributed by atoms with van der Waals surface area (Å²) in [6.45, 7) is 7.93. The maximum atomic E-state index is 4.55. The number of piperidine rings is 2. The topological polar surface area (TPSA) is 60.7 Å². The van der Waals surface area contributed by atoms with E-state index in [-0.39, 0.29) is 11.6 Å². The van der Waals surface area contributed by atoms with Crippen LogP contribution in [0.1, 0.15) is 50.6 Å². The van der Waals surface area contributed by atoms with Gasteiger partial charge in [0.05, 0.1) is 11.7 Å². The average Bonchev–Trinajstić information content (AvgIpc) is 3.39. The molecule has 0 aliphatic carbocycles. The van der Waals surface area contributed by atoms with Crippen molar-refractivity contribution in [3.8, 4) is 5.69 Å². The Morgan fingerprint density at radius 2 is 1.91 bits per heavy atom. The summed E-state index contributed by atoms with van der Waals surface area (Å²) in [7, 11) is 4.11. The minimum atomic E-state index is 0.139. The van der Waals surface area contributed by atoms with Crippen molar-refractivity contribution < 1.29 is 0 Å². The van der Waals surface area contributed by atoms with E-state index in [4.69, 9.17) is 0 Å². The van der Waals surface area contributed by atoms with Gasteiger partial charge in [0.2, 0.25) is 0 Å². The number of aliphatic imine (C=N–C) groups is 1. The Morgan fingerprint density at radius 3 is 2.59 bits per heavy atom. The average molecular weight is 438 g/mol. The van der Waals surface area contributed by atoms with Crippen LogP contribution in [0.15, 0.2) is 47.7 Å². The Labute approximate surface area is 192 Å². The van der Waals surface area contributed by atoms with Crippen LogP contribution in [0.4, 0.5) is 0 Å². The van der Waals surface area contributed by atoms with Gasteiger partial charge in [-0.2, -0.15) is 5.10 Å². The summed E-state index contributed by atoms with van der Waals surface area (Å²) in [6, 6.07) is 10.6. The number of hydrogen-bond acceptors (Lipinski definition) is 4. The molecule has 0 radical (unpaired) electrons. The molecule has 1 atom stereocenters. The molecule has 32 heavy (non-hydrogen) atoms. The Balaban J connectivity index is 1.41. The van der Waals surface area contributed by atoms with Crippen LogP contribution in [0.25, 0.3) is 5.69 Å². The maximum Gasteiger partial charge on any atom is 0.191 e. The second kappa shape index (κ2) is 10.5. The molecule has 3 heterocycles. The number of hydrogen-bond donors (Lipinski definition) is 2. The van der Waals surface area contributed by atoms with Gasteiger partial charge in [-0.05, 0) is 89.6 Å². The monoisotopic (exact) mass is 437 g/mol. The SMILES string of the molecule is CN=C(NCC1(N2CCCCC2)CCN(C)CC1)NC(C)c1cccc(-n2cccn2)c1.